The molecule has 0 saturated carbocycles. The number of rotatable bonds is 5. The van der Waals surface area contributed by atoms with Crippen molar-refractivity contribution in [3.8, 4) is 0 Å². The van der Waals surface area contributed by atoms with Crippen LogP contribution in [0.1, 0.15) is 17.5 Å². The number of amides is 2. The van der Waals surface area contributed by atoms with E-state index in [2.05, 4.69) is 10.6 Å². The van der Waals surface area contributed by atoms with Crippen molar-refractivity contribution in [2.24, 2.45) is 0 Å². The number of hydrogen-bond acceptors (Lipinski definition) is 3. The van der Waals surface area contributed by atoms with Gasteiger partial charge >= 0.3 is 0 Å². The molecule has 0 aromatic heterocycles. The van der Waals surface area contributed by atoms with Crippen LogP contribution in [0.5, 0.6) is 0 Å². The summed E-state index contributed by atoms with van der Waals surface area (Å²) in [5.41, 5.74) is -0.803. The number of para-hydroxylation sites is 1. The summed E-state index contributed by atoms with van der Waals surface area (Å²) in [5, 5.41) is 15.7. The lowest BCUT2D eigenvalue weighted by Crippen LogP contribution is -2.38. The van der Waals surface area contributed by atoms with E-state index in [1.54, 1.807) is 24.3 Å². The summed E-state index contributed by atoms with van der Waals surface area (Å²) in [4.78, 5) is 23.9. The summed E-state index contributed by atoms with van der Waals surface area (Å²) in [5.74, 6) is -3.15. The van der Waals surface area contributed by atoms with Gasteiger partial charge in [-0.25, -0.2) is 8.78 Å². The molecule has 2 amide bonds. The predicted molar refractivity (Wildman–Crippen MR) is 86.7 cm³/mol. The van der Waals surface area contributed by atoms with Crippen molar-refractivity contribution in [2.45, 2.75) is 18.4 Å². The van der Waals surface area contributed by atoms with E-state index in [0.29, 0.717) is 11.3 Å². The third-order valence-corrected chi connectivity index (χ3v) is 4.19. The molecule has 0 radical (unpaired) electrons. The molecule has 1 heterocycles. The van der Waals surface area contributed by atoms with E-state index in [0.717, 1.165) is 6.07 Å². The van der Waals surface area contributed by atoms with E-state index in [1.807, 2.05) is 0 Å². The first-order valence-corrected chi connectivity index (χ1v) is 7.75. The zero-order chi connectivity index (χ0) is 18.0. The van der Waals surface area contributed by atoms with Crippen LogP contribution in [0.2, 0.25) is 0 Å². The second-order valence-corrected chi connectivity index (χ2v) is 5.85. The fourth-order valence-corrected chi connectivity index (χ4v) is 2.85. The highest BCUT2D eigenvalue weighted by Crippen LogP contribution is 2.37. The Morgan fingerprint density at radius 3 is 2.72 bits per heavy atom. The van der Waals surface area contributed by atoms with Gasteiger partial charge in [-0.1, -0.05) is 30.3 Å². The molecule has 2 aromatic carbocycles. The summed E-state index contributed by atoms with van der Waals surface area (Å²) in [6.45, 7) is 0.00796. The first-order valence-electron chi connectivity index (χ1n) is 7.75. The molecule has 130 valence electrons. The normalized spacial score (nSPS) is 18.6. The molecule has 0 bridgehead atoms. The van der Waals surface area contributed by atoms with E-state index in [9.17, 15) is 23.5 Å². The Balaban J connectivity index is 1.60. The van der Waals surface area contributed by atoms with Gasteiger partial charge in [0.05, 0.1) is 6.42 Å². The molecule has 0 fully saturated rings. The highest BCUT2D eigenvalue weighted by molar-refractivity contribution is 6.04. The van der Waals surface area contributed by atoms with Crippen molar-refractivity contribution in [1.29, 1.82) is 0 Å². The van der Waals surface area contributed by atoms with E-state index in [4.69, 9.17) is 0 Å². The molecule has 0 saturated heterocycles. The third-order valence-electron chi connectivity index (χ3n) is 4.19. The Labute approximate surface area is 142 Å². The Morgan fingerprint density at radius 1 is 1.16 bits per heavy atom. The van der Waals surface area contributed by atoms with Crippen molar-refractivity contribution >= 4 is 17.5 Å². The zero-order valence-corrected chi connectivity index (χ0v) is 13.2. The van der Waals surface area contributed by atoms with Gasteiger partial charge in [-0.2, -0.15) is 0 Å². The van der Waals surface area contributed by atoms with Gasteiger partial charge in [-0.05, 0) is 12.1 Å². The van der Waals surface area contributed by atoms with Crippen LogP contribution in [0.3, 0.4) is 0 Å². The van der Waals surface area contributed by atoms with Crippen LogP contribution in [0.25, 0.3) is 0 Å². The molecule has 7 heteroatoms. The summed E-state index contributed by atoms with van der Waals surface area (Å²) < 4.78 is 26.7. The van der Waals surface area contributed by atoms with E-state index in [1.165, 1.54) is 12.1 Å². The van der Waals surface area contributed by atoms with Gasteiger partial charge < -0.3 is 15.7 Å². The van der Waals surface area contributed by atoms with Crippen molar-refractivity contribution in [1.82, 2.24) is 5.32 Å². The topological polar surface area (TPSA) is 78.4 Å². The number of nitrogens with one attached hydrogen (secondary N) is 2. The lowest BCUT2D eigenvalue weighted by Gasteiger charge is -2.21. The first-order chi connectivity index (χ1) is 11.9. The van der Waals surface area contributed by atoms with Gasteiger partial charge in [-0.15, -0.1) is 0 Å². The van der Waals surface area contributed by atoms with Crippen LogP contribution in [0.15, 0.2) is 42.5 Å². The molecular formula is C18H16F2N2O3. The highest BCUT2D eigenvalue weighted by Gasteiger charge is 2.44. The van der Waals surface area contributed by atoms with Crippen LogP contribution in [-0.2, 0) is 21.6 Å². The Morgan fingerprint density at radius 2 is 1.92 bits per heavy atom. The van der Waals surface area contributed by atoms with Gasteiger partial charge in [-0.3, -0.25) is 9.59 Å². The van der Waals surface area contributed by atoms with E-state index >= 15 is 0 Å². The fraction of sp³-hybridized carbons (Fsp3) is 0.222. The number of aliphatic hydroxyl groups is 1. The van der Waals surface area contributed by atoms with Gasteiger partial charge in [0, 0.05) is 29.8 Å². The second-order valence-electron chi connectivity index (χ2n) is 5.85. The molecule has 0 spiro atoms. The van der Waals surface area contributed by atoms with Crippen LogP contribution < -0.4 is 10.6 Å². The Bertz CT molecular complexity index is 841. The molecule has 1 aliphatic heterocycles. The zero-order valence-electron chi connectivity index (χ0n) is 13.2. The first kappa shape index (κ1) is 17.0. The summed E-state index contributed by atoms with van der Waals surface area (Å²) >= 11 is 0. The monoisotopic (exact) mass is 346 g/mol. The average Bonchev–Trinajstić information content (AvgIpc) is 2.83. The molecule has 0 aliphatic carbocycles. The van der Waals surface area contributed by atoms with Crippen LogP contribution in [0, 0.1) is 11.6 Å². The van der Waals surface area contributed by atoms with Crippen LogP contribution in [0.4, 0.5) is 14.5 Å². The molecular weight excluding hydrogens is 330 g/mol. The minimum absolute atomic E-state index is 0.00796. The van der Waals surface area contributed by atoms with Crippen molar-refractivity contribution in [3.05, 3.63) is 65.2 Å². The average molecular weight is 346 g/mol. The largest absolute Gasteiger partial charge is 0.375 e. The van der Waals surface area contributed by atoms with Gasteiger partial charge in [0.15, 0.2) is 17.2 Å². The number of halogens is 2. The number of carbonyl (C=O) groups is 2. The SMILES string of the molecule is O=C(Cc1cccc(F)c1F)NCCC1(O)C(=O)Nc2ccccc21. The van der Waals surface area contributed by atoms with E-state index < -0.39 is 29.0 Å². The molecule has 3 N–H and O–H groups in total. The number of anilines is 1. The van der Waals surface area contributed by atoms with E-state index in [-0.39, 0.29) is 24.9 Å². The molecule has 25 heavy (non-hydrogen) atoms. The fourth-order valence-electron chi connectivity index (χ4n) is 2.85. The summed E-state index contributed by atoms with van der Waals surface area (Å²) in [6, 6.07) is 10.4. The van der Waals surface area contributed by atoms with Gasteiger partial charge in [0.2, 0.25) is 5.91 Å². The molecule has 3 rings (SSSR count). The van der Waals surface area contributed by atoms with Crippen molar-refractivity contribution in [2.75, 3.05) is 11.9 Å². The lowest BCUT2D eigenvalue weighted by atomic mass is 9.92. The third kappa shape index (κ3) is 3.23. The maximum Gasteiger partial charge on any atom is 0.261 e. The second kappa shape index (κ2) is 6.60. The Kier molecular flexibility index (Phi) is 4.50. The quantitative estimate of drug-likeness (QED) is 0.773. The summed E-state index contributed by atoms with van der Waals surface area (Å²) in [7, 11) is 0. The number of carbonyl (C=O) groups excluding carboxylic acids is 2. The molecule has 2 aromatic rings. The maximum absolute atomic E-state index is 13.6. The van der Waals surface area contributed by atoms with Gasteiger partial charge in [0.1, 0.15) is 0 Å². The number of benzene rings is 2. The smallest absolute Gasteiger partial charge is 0.261 e. The number of fused-ring (bicyclic) bond motifs is 1. The van der Waals surface area contributed by atoms with Crippen molar-refractivity contribution < 1.29 is 23.5 Å². The van der Waals surface area contributed by atoms with Crippen LogP contribution in [-0.4, -0.2) is 23.5 Å². The predicted octanol–water partition coefficient (Wildman–Crippen LogP) is 1.85. The standard InChI is InChI=1S/C18H16F2N2O3/c19-13-6-3-4-11(16(13)20)10-15(23)21-9-8-18(25)12-5-1-2-7-14(12)22-17(18)24/h1-7,25H,8-10H2,(H,21,23)(H,22,24). The molecule has 5 nitrogen and oxygen atoms in total. The Hall–Kier alpha value is -2.80. The highest BCUT2D eigenvalue weighted by atomic mass is 19.2. The minimum atomic E-state index is -1.73. The minimum Gasteiger partial charge on any atom is -0.375 e. The summed E-state index contributed by atoms with van der Waals surface area (Å²) in [6.07, 6.45) is -0.363. The maximum atomic E-state index is 13.6. The molecule has 1 aliphatic rings. The van der Waals surface area contributed by atoms with Crippen LogP contribution >= 0.6 is 0 Å². The molecule has 1 unspecified atom stereocenters. The van der Waals surface area contributed by atoms with Crippen molar-refractivity contribution in [3.63, 3.8) is 0 Å². The number of hydrogen-bond donors (Lipinski definition) is 3. The lowest BCUT2D eigenvalue weighted by molar-refractivity contribution is -0.134. The molecule has 1 atom stereocenters. The van der Waals surface area contributed by atoms with Gasteiger partial charge in [0.25, 0.3) is 5.91 Å².